The van der Waals surface area contributed by atoms with E-state index in [2.05, 4.69) is 15.3 Å². The summed E-state index contributed by atoms with van der Waals surface area (Å²) in [5.74, 6) is 0.521. The van der Waals surface area contributed by atoms with E-state index in [0.717, 1.165) is 33.2 Å². The van der Waals surface area contributed by atoms with E-state index in [1.807, 2.05) is 49.4 Å². The molecule has 0 unspecified atom stereocenters. The van der Waals surface area contributed by atoms with Crippen molar-refractivity contribution < 1.29 is 0 Å². The van der Waals surface area contributed by atoms with Crippen LogP contribution in [-0.2, 0) is 0 Å². The number of fused-ring (bicyclic) bond motifs is 3. The number of aromatic nitrogens is 3. The van der Waals surface area contributed by atoms with Gasteiger partial charge in [0.2, 0.25) is 0 Å². The zero-order chi connectivity index (χ0) is 16.8. The van der Waals surface area contributed by atoms with Gasteiger partial charge in [0.05, 0.1) is 11.2 Å². The molecule has 0 radical (unpaired) electrons. The van der Waals surface area contributed by atoms with Gasteiger partial charge in [-0.1, -0.05) is 29.8 Å². The average Bonchev–Trinajstić information content (AvgIpc) is 2.94. The number of halogens is 1. The summed E-state index contributed by atoms with van der Waals surface area (Å²) < 4.78 is 1.64. The second-order valence-electron chi connectivity index (χ2n) is 5.65. The van der Waals surface area contributed by atoms with Gasteiger partial charge in [0.15, 0.2) is 5.82 Å². The molecule has 24 heavy (non-hydrogen) atoms. The molecule has 0 fully saturated rings. The SMILES string of the molecule is CNc1nc(=O)n(-c2ccccc2C)c2c1[nH]c1ccc(Cl)cc12. The maximum Gasteiger partial charge on any atom is 0.354 e. The first-order chi connectivity index (χ1) is 11.6. The van der Waals surface area contributed by atoms with Crippen molar-refractivity contribution in [2.24, 2.45) is 0 Å². The van der Waals surface area contributed by atoms with Crippen LogP contribution in [0, 0.1) is 6.92 Å². The van der Waals surface area contributed by atoms with Crippen LogP contribution in [0.2, 0.25) is 5.02 Å². The van der Waals surface area contributed by atoms with Crippen molar-refractivity contribution in [3.05, 3.63) is 63.5 Å². The molecule has 2 heterocycles. The summed E-state index contributed by atoms with van der Waals surface area (Å²) in [5, 5.41) is 4.50. The number of para-hydroxylation sites is 1. The summed E-state index contributed by atoms with van der Waals surface area (Å²) in [4.78, 5) is 20.3. The third-order valence-corrected chi connectivity index (χ3v) is 4.42. The molecule has 120 valence electrons. The lowest BCUT2D eigenvalue weighted by Crippen LogP contribution is -2.23. The highest BCUT2D eigenvalue weighted by Gasteiger charge is 2.17. The Morgan fingerprint density at radius 1 is 1.21 bits per heavy atom. The molecule has 0 aliphatic heterocycles. The molecule has 4 rings (SSSR count). The minimum atomic E-state index is -0.331. The molecule has 6 heteroatoms. The smallest absolute Gasteiger partial charge is 0.354 e. The number of rotatable bonds is 2. The summed E-state index contributed by atoms with van der Waals surface area (Å²) in [6, 6.07) is 13.3. The Bertz CT molecular complexity index is 1140. The Hall–Kier alpha value is -2.79. The number of hydrogen-bond donors (Lipinski definition) is 2. The molecule has 0 atom stereocenters. The first-order valence-corrected chi connectivity index (χ1v) is 7.95. The molecular weight excluding hydrogens is 324 g/mol. The lowest BCUT2D eigenvalue weighted by atomic mass is 10.1. The van der Waals surface area contributed by atoms with Crippen molar-refractivity contribution in [2.45, 2.75) is 6.92 Å². The van der Waals surface area contributed by atoms with E-state index in [4.69, 9.17) is 11.6 Å². The lowest BCUT2D eigenvalue weighted by Gasteiger charge is -2.12. The second-order valence-corrected chi connectivity index (χ2v) is 6.09. The van der Waals surface area contributed by atoms with Gasteiger partial charge in [-0.25, -0.2) is 4.79 Å². The topological polar surface area (TPSA) is 62.7 Å². The predicted octanol–water partition coefficient (Wildman–Crippen LogP) is 3.87. The molecule has 0 saturated heterocycles. The first-order valence-electron chi connectivity index (χ1n) is 7.58. The molecule has 4 aromatic rings. The van der Waals surface area contributed by atoms with Gasteiger partial charge in [-0.2, -0.15) is 4.98 Å². The summed E-state index contributed by atoms with van der Waals surface area (Å²) in [6.45, 7) is 1.97. The fourth-order valence-electron chi connectivity index (χ4n) is 3.07. The van der Waals surface area contributed by atoms with E-state index in [1.54, 1.807) is 11.6 Å². The molecule has 2 aromatic carbocycles. The third kappa shape index (κ3) is 2.09. The highest BCUT2D eigenvalue weighted by atomic mass is 35.5. The van der Waals surface area contributed by atoms with Crippen LogP contribution in [0.25, 0.3) is 27.6 Å². The Morgan fingerprint density at radius 2 is 2.00 bits per heavy atom. The van der Waals surface area contributed by atoms with Crippen LogP contribution in [0.4, 0.5) is 5.82 Å². The van der Waals surface area contributed by atoms with E-state index >= 15 is 0 Å². The van der Waals surface area contributed by atoms with Crippen LogP contribution in [0.3, 0.4) is 0 Å². The summed E-state index contributed by atoms with van der Waals surface area (Å²) in [5.41, 5.74) is 3.92. The Morgan fingerprint density at radius 3 is 2.75 bits per heavy atom. The molecule has 0 spiro atoms. The third-order valence-electron chi connectivity index (χ3n) is 4.19. The zero-order valence-electron chi connectivity index (χ0n) is 13.2. The molecule has 0 saturated carbocycles. The number of hydrogen-bond acceptors (Lipinski definition) is 3. The monoisotopic (exact) mass is 338 g/mol. The Labute approximate surface area is 142 Å². The number of nitrogens with one attached hydrogen (secondary N) is 2. The van der Waals surface area contributed by atoms with Crippen LogP contribution < -0.4 is 11.0 Å². The van der Waals surface area contributed by atoms with Gasteiger partial charge in [-0.05, 0) is 36.8 Å². The van der Waals surface area contributed by atoms with Gasteiger partial charge >= 0.3 is 5.69 Å². The van der Waals surface area contributed by atoms with Gasteiger partial charge in [0.25, 0.3) is 0 Å². The zero-order valence-corrected chi connectivity index (χ0v) is 14.0. The van der Waals surface area contributed by atoms with E-state index in [0.29, 0.717) is 10.8 Å². The molecule has 0 aliphatic carbocycles. The summed E-state index contributed by atoms with van der Waals surface area (Å²) >= 11 is 6.19. The predicted molar refractivity (Wildman–Crippen MR) is 98.5 cm³/mol. The molecule has 5 nitrogen and oxygen atoms in total. The quantitative estimate of drug-likeness (QED) is 0.583. The van der Waals surface area contributed by atoms with E-state index in [9.17, 15) is 4.79 Å². The van der Waals surface area contributed by atoms with E-state index in [-0.39, 0.29) is 5.69 Å². The fourth-order valence-corrected chi connectivity index (χ4v) is 3.24. The van der Waals surface area contributed by atoms with Gasteiger partial charge < -0.3 is 10.3 Å². The number of H-pyrrole nitrogens is 1. The molecular formula is C18H15ClN4O. The number of aryl methyl sites for hydroxylation is 1. The Balaban J connectivity index is 2.27. The minimum absolute atomic E-state index is 0.331. The van der Waals surface area contributed by atoms with E-state index < -0.39 is 0 Å². The van der Waals surface area contributed by atoms with Crippen LogP contribution >= 0.6 is 11.6 Å². The van der Waals surface area contributed by atoms with Crippen molar-refractivity contribution in [1.29, 1.82) is 0 Å². The van der Waals surface area contributed by atoms with Crippen molar-refractivity contribution in [1.82, 2.24) is 14.5 Å². The van der Waals surface area contributed by atoms with Crippen LogP contribution in [0.5, 0.6) is 0 Å². The van der Waals surface area contributed by atoms with Crippen LogP contribution in [0.15, 0.2) is 47.3 Å². The van der Waals surface area contributed by atoms with Crippen LogP contribution in [0.1, 0.15) is 5.56 Å². The van der Waals surface area contributed by atoms with Crippen molar-refractivity contribution in [3.63, 3.8) is 0 Å². The minimum Gasteiger partial charge on any atom is -0.371 e. The van der Waals surface area contributed by atoms with Gasteiger partial charge in [0.1, 0.15) is 5.52 Å². The van der Waals surface area contributed by atoms with Gasteiger partial charge in [0, 0.05) is 23.0 Å². The highest BCUT2D eigenvalue weighted by molar-refractivity contribution is 6.31. The molecule has 2 N–H and O–H groups in total. The van der Waals surface area contributed by atoms with Crippen molar-refractivity contribution in [2.75, 3.05) is 12.4 Å². The number of aromatic amines is 1. The molecule has 0 amide bonds. The average molecular weight is 339 g/mol. The summed E-state index contributed by atoms with van der Waals surface area (Å²) in [6.07, 6.45) is 0. The highest BCUT2D eigenvalue weighted by Crippen LogP contribution is 2.31. The lowest BCUT2D eigenvalue weighted by molar-refractivity contribution is 0.955. The maximum atomic E-state index is 12.8. The van der Waals surface area contributed by atoms with Crippen molar-refractivity contribution >= 4 is 39.4 Å². The molecule has 0 bridgehead atoms. The Kier molecular flexibility index (Phi) is 3.32. The van der Waals surface area contributed by atoms with Gasteiger partial charge in [-0.3, -0.25) is 4.57 Å². The van der Waals surface area contributed by atoms with Crippen molar-refractivity contribution in [3.8, 4) is 5.69 Å². The second kappa shape index (κ2) is 5.39. The standard InChI is InChI=1S/C18H15ClN4O/c1-10-5-3-4-6-14(10)23-16-12-9-11(19)7-8-13(12)21-15(16)17(20-2)22-18(23)24/h3-9,21H,1-2H3,(H,20,22,24). The fraction of sp³-hybridized carbons (Fsp3) is 0.111. The normalized spacial score (nSPS) is 11.3. The maximum absolute atomic E-state index is 12.8. The number of benzene rings is 2. The first kappa shape index (κ1) is 14.8. The molecule has 2 aromatic heterocycles. The largest absolute Gasteiger partial charge is 0.371 e. The van der Waals surface area contributed by atoms with Gasteiger partial charge in [-0.15, -0.1) is 0 Å². The van der Waals surface area contributed by atoms with Crippen LogP contribution in [-0.4, -0.2) is 21.6 Å². The molecule has 0 aliphatic rings. The number of anilines is 1. The number of nitrogens with zero attached hydrogens (tertiary/aromatic N) is 2. The summed E-state index contributed by atoms with van der Waals surface area (Å²) in [7, 11) is 1.75. The van der Waals surface area contributed by atoms with E-state index in [1.165, 1.54) is 0 Å².